The minimum atomic E-state index is -0.0692. The van der Waals surface area contributed by atoms with Crippen LogP contribution >= 0.6 is 11.3 Å². The van der Waals surface area contributed by atoms with Crippen LogP contribution < -0.4 is 15.0 Å². The number of rotatable bonds is 14. The van der Waals surface area contributed by atoms with E-state index in [0.29, 0.717) is 24.4 Å². The lowest BCUT2D eigenvalue weighted by atomic mass is 9.78. The molecule has 3 aromatic rings. The van der Waals surface area contributed by atoms with Crippen LogP contribution in [0.15, 0.2) is 48.7 Å². The van der Waals surface area contributed by atoms with Gasteiger partial charge in [0.1, 0.15) is 12.4 Å². The van der Waals surface area contributed by atoms with E-state index in [1.54, 1.807) is 18.4 Å². The molecule has 2 amide bonds. The van der Waals surface area contributed by atoms with Crippen molar-refractivity contribution in [1.82, 2.24) is 15.2 Å². The summed E-state index contributed by atoms with van der Waals surface area (Å²) in [6.07, 6.45) is 12.2. The highest BCUT2D eigenvalue weighted by molar-refractivity contribution is 7.15. The van der Waals surface area contributed by atoms with Gasteiger partial charge in [0.25, 0.3) is 0 Å². The van der Waals surface area contributed by atoms with Gasteiger partial charge in [-0.05, 0) is 132 Å². The van der Waals surface area contributed by atoms with Crippen LogP contribution in [-0.4, -0.2) is 75.2 Å². The highest BCUT2D eigenvalue weighted by Crippen LogP contribution is 2.44. The molecule has 3 aliphatic carbocycles. The van der Waals surface area contributed by atoms with Gasteiger partial charge < -0.3 is 24.6 Å². The lowest BCUT2D eigenvalue weighted by molar-refractivity contribution is -0.127. The van der Waals surface area contributed by atoms with Crippen LogP contribution in [0, 0.1) is 18.8 Å². The van der Waals surface area contributed by atoms with Crippen LogP contribution in [0.25, 0.3) is 10.4 Å². The van der Waals surface area contributed by atoms with E-state index in [0.717, 1.165) is 81.5 Å². The minimum absolute atomic E-state index is 0.0448. The quantitative estimate of drug-likeness (QED) is 0.176. The highest BCUT2D eigenvalue weighted by atomic mass is 32.1. The number of aromatic nitrogens is 1. The molecule has 0 atom stereocenters. The maximum Gasteiger partial charge on any atom is 0.246 e. The zero-order valence-corrected chi connectivity index (χ0v) is 30.6. The third-order valence-electron chi connectivity index (χ3n) is 10.7. The standard InChI is InChI=1S/C40H54N4O4S/c1-27-22-32(16-19-36(27)47-4)29-10-8-28(9-11-29)25-44(35-7-5-6-33(23-35)37-24-41-39(49-37)30-12-13-30)40(46)31-14-17-34(18-15-31)42-38(45)26-48-21-20-43(2)3/h5-7,16,19,22-24,28-31,34H,8-15,17-18,20-21,25-26H2,1-4H3,(H,42,45). The van der Waals surface area contributed by atoms with E-state index < -0.39 is 0 Å². The molecule has 0 bridgehead atoms. The summed E-state index contributed by atoms with van der Waals surface area (Å²) in [6.45, 7) is 4.27. The zero-order valence-electron chi connectivity index (χ0n) is 29.8. The number of benzene rings is 2. The molecule has 2 aromatic carbocycles. The molecule has 1 heterocycles. The number of carbonyl (C=O) groups is 2. The van der Waals surface area contributed by atoms with Crippen molar-refractivity contribution in [2.75, 3.05) is 52.4 Å². The van der Waals surface area contributed by atoms with E-state index in [1.165, 1.54) is 33.9 Å². The molecule has 9 heteroatoms. The summed E-state index contributed by atoms with van der Waals surface area (Å²) >= 11 is 1.79. The fourth-order valence-corrected chi connectivity index (χ4v) is 8.65. The third kappa shape index (κ3) is 9.50. The first-order valence-corrected chi connectivity index (χ1v) is 19.1. The minimum Gasteiger partial charge on any atom is -0.496 e. The van der Waals surface area contributed by atoms with Crippen molar-refractivity contribution < 1.29 is 19.1 Å². The second-order valence-corrected chi connectivity index (χ2v) is 15.8. The second-order valence-electron chi connectivity index (χ2n) is 14.8. The summed E-state index contributed by atoms with van der Waals surface area (Å²) in [5.41, 5.74) is 4.71. The molecule has 0 saturated heterocycles. The fraction of sp³-hybridized carbons (Fsp3) is 0.575. The largest absolute Gasteiger partial charge is 0.496 e. The lowest BCUT2D eigenvalue weighted by Crippen LogP contribution is -2.44. The molecule has 0 spiro atoms. The molecule has 3 saturated carbocycles. The molecule has 6 rings (SSSR count). The Morgan fingerprint density at radius 1 is 0.939 bits per heavy atom. The Labute approximate surface area is 296 Å². The Hall–Kier alpha value is -3.27. The number of nitrogens with one attached hydrogen (secondary N) is 1. The number of nitrogens with zero attached hydrogens (tertiary/aromatic N) is 3. The summed E-state index contributed by atoms with van der Waals surface area (Å²) in [5.74, 6) is 2.69. The summed E-state index contributed by atoms with van der Waals surface area (Å²) in [5, 5.41) is 4.38. The van der Waals surface area contributed by atoms with E-state index in [4.69, 9.17) is 14.5 Å². The van der Waals surface area contributed by atoms with Crippen LogP contribution in [0.5, 0.6) is 5.75 Å². The van der Waals surface area contributed by atoms with Gasteiger partial charge in [-0.25, -0.2) is 4.98 Å². The number of carbonyl (C=O) groups excluding carboxylic acids is 2. The maximum absolute atomic E-state index is 14.5. The van der Waals surface area contributed by atoms with Crippen LogP contribution in [0.1, 0.15) is 92.2 Å². The van der Waals surface area contributed by atoms with Crippen molar-refractivity contribution in [3.05, 3.63) is 64.8 Å². The van der Waals surface area contributed by atoms with Gasteiger partial charge in [0.05, 0.1) is 23.6 Å². The van der Waals surface area contributed by atoms with Gasteiger partial charge in [-0.1, -0.05) is 24.3 Å². The number of anilines is 1. The normalized spacial score (nSPS) is 22.6. The predicted octanol–water partition coefficient (Wildman–Crippen LogP) is 7.56. The molecule has 1 aromatic heterocycles. The average molecular weight is 687 g/mol. The Bertz CT molecular complexity index is 1550. The number of likely N-dealkylation sites (N-methyl/N-ethyl adjacent to an activating group) is 1. The molecule has 0 unspecified atom stereocenters. The number of aryl methyl sites for hydroxylation is 1. The summed E-state index contributed by atoms with van der Waals surface area (Å²) in [6, 6.07) is 15.3. The Kier molecular flexibility index (Phi) is 12.1. The van der Waals surface area contributed by atoms with Crippen LogP contribution in [-0.2, 0) is 14.3 Å². The van der Waals surface area contributed by atoms with Crippen molar-refractivity contribution in [3.63, 3.8) is 0 Å². The van der Waals surface area contributed by atoms with Gasteiger partial charge in [-0.2, -0.15) is 0 Å². The fourth-order valence-electron chi connectivity index (χ4n) is 7.57. The Morgan fingerprint density at radius 3 is 2.39 bits per heavy atom. The smallest absolute Gasteiger partial charge is 0.246 e. The molecule has 3 fully saturated rings. The predicted molar refractivity (Wildman–Crippen MR) is 198 cm³/mol. The van der Waals surface area contributed by atoms with Crippen LogP contribution in [0.4, 0.5) is 5.69 Å². The van der Waals surface area contributed by atoms with Crippen LogP contribution in [0.2, 0.25) is 0 Å². The van der Waals surface area contributed by atoms with Gasteiger partial charge >= 0.3 is 0 Å². The number of amides is 2. The van der Waals surface area contributed by atoms with E-state index in [9.17, 15) is 9.59 Å². The molecule has 49 heavy (non-hydrogen) atoms. The highest BCUT2D eigenvalue weighted by Gasteiger charge is 2.33. The first-order valence-electron chi connectivity index (χ1n) is 18.3. The molecule has 3 aliphatic rings. The monoisotopic (exact) mass is 686 g/mol. The van der Waals surface area contributed by atoms with Crippen molar-refractivity contribution in [1.29, 1.82) is 0 Å². The lowest BCUT2D eigenvalue weighted by Gasteiger charge is -2.36. The SMILES string of the molecule is COc1ccc(C2CCC(CN(C(=O)C3CCC(NC(=O)COCCN(C)C)CC3)c3cccc(-c4cnc(C5CC5)s4)c3)CC2)cc1C. The van der Waals surface area contributed by atoms with E-state index in [-0.39, 0.29) is 30.4 Å². The molecular formula is C40H54N4O4S. The van der Waals surface area contributed by atoms with Crippen molar-refractivity contribution >= 4 is 28.8 Å². The number of ether oxygens (including phenoxy) is 2. The molecular weight excluding hydrogens is 633 g/mol. The summed E-state index contributed by atoms with van der Waals surface area (Å²) in [4.78, 5) is 37.0. The Morgan fingerprint density at radius 2 is 1.69 bits per heavy atom. The summed E-state index contributed by atoms with van der Waals surface area (Å²) < 4.78 is 11.0. The molecule has 264 valence electrons. The third-order valence-corrected chi connectivity index (χ3v) is 11.9. The van der Waals surface area contributed by atoms with E-state index in [2.05, 4.69) is 59.6 Å². The number of thiazole rings is 1. The van der Waals surface area contributed by atoms with Crippen molar-refractivity contribution in [2.24, 2.45) is 11.8 Å². The first kappa shape index (κ1) is 35.6. The van der Waals surface area contributed by atoms with Crippen molar-refractivity contribution in [3.8, 4) is 16.2 Å². The van der Waals surface area contributed by atoms with Gasteiger partial charge in [0.15, 0.2) is 0 Å². The zero-order chi connectivity index (χ0) is 34.3. The summed E-state index contributed by atoms with van der Waals surface area (Å²) in [7, 11) is 5.71. The number of methoxy groups -OCH3 is 1. The Balaban J connectivity index is 1.11. The van der Waals surface area contributed by atoms with Gasteiger partial charge in [-0.15, -0.1) is 11.3 Å². The van der Waals surface area contributed by atoms with Gasteiger partial charge in [0.2, 0.25) is 11.8 Å². The first-order chi connectivity index (χ1) is 23.8. The van der Waals surface area contributed by atoms with E-state index >= 15 is 0 Å². The maximum atomic E-state index is 14.5. The number of hydrogen-bond acceptors (Lipinski definition) is 7. The topological polar surface area (TPSA) is 84.0 Å². The second kappa shape index (κ2) is 16.6. The average Bonchev–Trinajstić information content (AvgIpc) is 3.85. The van der Waals surface area contributed by atoms with Crippen LogP contribution in [0.3, 0.4) is 0 Å². The number of hydrogen-bond donors (Lipinski definition) is 1. The van der Waals surface area contributed by atoms with E-state index in [1.807, 2.05) is 25.2 Å². The van der Waals surface area contributed by atoms with Crippen molar-refractivity contribution in [2.45, 2.75) is 89.0 Å². The molecule has 8 nitrogen and oxygen atoms in total. The molecule has 0 radical (unpaired) electrons. The molecule has 0 aliphatic heterocycles. The van der Waals surface area contributed by atoms with Gasteiger partial charge in [0, 0.05) is 42.9 Å². The molecule has 1 N–H and O–H groups in total. The van der Waals surface area contributed by atoms with Gasteiger partial charge in [-0.3, -0.25) is 9.59 Å².